The van der Waals surface area contributed by atoms with E-state index in [1.807, 2.05) is 4.90 Å². The predicted octanol–water partition coefficient (Wildman–Crippen LogP) is 2.76. The maximum atomic E-state index is 12.7. The van der Waals surface area contributed by atoms with Crippen LogP contribution in [0.15, 0.2) is 0 Å². The molecule has 4 heteroatoms. The summed E-state index contributed by atoms with van der Waals surface area (Å²) in [7, 11) is 0. The molecule has 0 N–H and O–H groups in total. The standard InChI is InChI=1S/C18H27NO3/c20-16(19-4-2-1-3-5-19)12-22-17(21)18-9-13-6-14(10-18)8-15(7-13)11-18/h13-15H,1-12H2. The summed E-state index contributed by atoms with van der Waals surface area (Å²) in [5.41, 5.74) is -0.239. The summed E-state index contributed by atoms with van der Waals surface area (Å²) in [6, 6.07) is 0. The van der Waals surface area contributed by atoms with Crippen molar-refractivity contribution in [3.63, 3.8) is 0 Å². The number of rotatable bonds is 3. The Labute approximate surface area is 132 Å². The van der Waals surface area contributed by atoms with E-state index in [4.69, 9.17) is 4.74 Å². The zero-order valence-corrected chi connectivity index (χ0v) is 13.4. The molecule has 5 aliphatic rings. The fourth-order valence-corrected chi connectivity index (χ4v) is 5.88. The van der Waals surface area contributed by atoms with E-state index in [0.29, 0.717) is 0 Å². The molecule has 4 aliphatic carbocycles. The van der Waals surface area contributed by atoms with Crippen molar-refractivity contribution >= 4 is 11.9 Å². The Bertz CT molecular complexity index is 432. The lowest BCUT2D eigenvalue weighted by atomic mass is 9.49. The number of likely N-dealkylation sites (tertiary alicyclic amines) is 1. The SMILES string of the molecule is O=C(COC(=O)C12CC3CC(CC(C3)C1)C2)N1CCCCC1. The third-order valence-corrected chi connectivity index (χ3v) is 6.51. The van der Waals surface area contributed by atoms with Gasteiger partial charge < -0.3 is 9.64 Å². The van der Waals surface area contributed by atoms with Gasteiger partial charge in [0.2, 0.25) is 0 Å². The van der Waals surface area contributed by atoms with Crippen molar-refractivity contribution in [3.8, 4) is 0 Å². The molecule has 0 atom stereocenters. The van der Waals surface area contributed by atoms with Crippen molar-refractivity contribution in [1.29, 1.82) is 0 Å². The van der Waals surface area contributed by atoms with Gasteiger partial charge in [-0.15, -0.1) is 0 Å². The summed E-state index contributed by atoms with van der Waals surface area (Å²) in [5.74, 6) is 2.12. The molecular formula is C18H27NO3. The van der Waals surface area contributed by atoms with E-state index in [1.54, 1.807) is 0 Å². The van der Waals surface area contributed by atoms with Crippen LogP contribution in [-0.2, 0) is 14.3 Å². The molecule has 5 rings (SSSR count). The van der Waals surface area contributed by atoms with Crippen molar-refractivity contribution in [2.24, 2.45) is 23.2 Å². The van der Waals surface area contributed by atoms with Crippen LogP contribution in [0.2, 0.25) is 0 Å². The number of piperidine rings is 1. The Morgan fingerprint density at radius 3 is 2.00 bits per heavy atom. The Balaban J connectivity index is 1.35. The van der Waals surface area contributed by atoms with Crippen molar-refractivity contribution in [2.75, 3.05) is 19.7 Å². The molecule has 5 fully saturated rings. The second kappa shape index (κ2) is 5.54. The van der Waals surface area contributed by atoms with Crippen molar-refractivity contribution in [2.45, 2.75) is 57.8 Å². The van der Waals surface area contributed by atoms with E-state index in [0.717, 1.165) is 62.9 Å². The van der Waals surface area contributed by atoms with Gasteiger partial charge in [0.1, 0.15) is 0 Å². The van der Waals surface area contributed by atoms with E-state index >= 15 is 0 Å². The molecule has 1 amide bonds. The first-order chi connectivity index (χ1) is 10.6. The Morgan fingerprint density at radius 2 is 1.45 bits per heavy atom. The highest BCUT2D eigenvalue weighted by Gasteiger charge is 2.55. The lowest BCUT2D eigenvalue weighted by Gasteiger charge is -2.55. The summed E-state index contributed by atoms with van der Waals surface area (Å²) >= 11 is 0. The Morgan fingerprint density at radius 1 is 0.909 bits per heavy atom. The highest BCUT2D eigenvalue weighted by atomic mass is 16.5. The van der Waals surface area contributed by atoms with Gasteiger partial charge in [0.15, 0.2) is 6.61 Å². The van der Waals surface area contributed by atoms with Crippen molar-refractivity contribution < 1.29 is 14.3 Å². The topological polar surface area (TPSA) is 46.6 Å². The molecule has 1 aliphatic heterocycles. The van der Waals surface area contributed by atoms with Gasteiger partial charge in [-0.1, -0.05) is 0 Å². The summed E-state index contributed by atoms with van der Waals surface area (Å²) < 4.78 is 5.51. The lowest BCUT2D eigenvalue weighted by molar-refractivity contribution is -0.174. The van der Waals surface area contributed by atoms with E-state index in [-0.39, 0.29) is 23.9 Å². The maximum Gasteiger partial charge on any atom is 0.312 e. The highest BCUT2D eigenvalue weighted by molar-refractivity contribution is 5.83. The first kappa shape index (κ1) is 14.5. The van der Waals surface area contributed by atoms with E-state index in [9.17, 15) is 9.59 Å². The Kier molecular flexibility index (Phi) is 3.66. The molecule has 0 aromatic rings. The minimum Gasteiger partial charge on any atom is -0.455 e. The average Bonchev–Trinajstić information content (AvgIpc) is 2.51. The molecule has 0 unspecified atom stereocenters. The monoisotopic (exact) mass is 305 g/mol. The van der Waals surface area contributed by atoms with Crippen molar-refractivity contribution in [3.05, 3.63) is 0 Å². The second-order valence-electron chi connectivity index (χ2n) is 8.22. The molecule has 0 aromatic carbocycles. The normalized spacial score (nSPS) is 39.8. The number of amides is 1. The summed E-state index contributed by atoms with van der Waals surface area (Å²) in [6.07, 6.45) is 10.3. The van der Waals surface area contributed by atoms with Gasteiger partial charge >= 0.3 is 5.97 Å². The zero-order valence-electron chi connectivity index (χ0n) is 13.4. The molecule has 0 aromatic heterocycles. The second-order valence-corrected chi connectivity index (χ2v) is 8.22. The highest BCUT2D eigenvalue weighted by Crippen LogP contribution is 2.60. The molecule has 1 saturated heterocycles. The summed E-state index contributed by atoms with van der Waals surface area (Å²) in [4.78, 5) is 26.7. The summed E-state index contributed by atoms with van der Waals surface area (Å²) in [5, 5.41) is 0. The minimum absolute atomic E-state index is 0.00206. The summed E-state index contributed by atoms with van der Waals surface area (Å²) in [6.45, 7) is 1.61. The smallest absolute Gasteiger partial charge is 0.312 e. The van der Waals surface area contributed by atoms with Crippen LogP contribution in [0.3, 0.4) is 0 Å². The van der Waals surface area contributed by atoms with Gasteiger partial charge in [0.25, 0.3) is 5.91 Å². The molecule has 4 nitrogen and oxygen atoms in total. The molecule has 4 saturated carbocycles. The maximum absolute atomic E-state index is 12.7. The largest absolute Gasteiger partial charge is 0.455 e. The van der Waals surface area contributed by atoms with Gasteiger partial charge in [-0.2, -0.15) is 0 Å². The van der Waals surface area contributed by atoms with Crippen LogP contribution in [-0.4, -0.2) is 36.5 Å². The minimum atomic E-state index is -0.239. The van der Waals surface area contributed by atoms with Crippen LogP contribution >= 0.6 is 0 Å². The Hall–Kier alpha value is -1.06. The fourth-order valence-electron chi connectivity index (χ4n) is 5.88. The molecule has 122 valence electrons. The van der Waals surface area contributed by atoms with Gasteiger partial charge in [0, 0.05) is 13.1 Å². The number of nitrogens with zero attached hydrogens (tertiary/aromatic N) is 1. The van der Waals surface area contributed by atoms with Crippen LogP contribution in [0.4, 0.5) is 0 Å². The molecule has 22 heavy (non-hydrogen) atoms. The van der Waals surface area contributed by atoms with Crippen LogP contribution in [0.25, 0.3) is 0 Å². The predicted molar refractivity (Wildman–Crippen MR) is 82.0 cm³/mol. The number of hydrogen-bond acceptors (Lipinski definition) is 3. The van der Waals surface area contributed by atoms with Crippen LogP contribution in [0.1, 0.15) is 57.8 Å². The van der Waals surface area contributed by atoms with E-state index in [1.165, 1.54) is 25.7 Å². The van der Waals surface area contributed by atoms with Gasteiger partial charge in [-0.25, -0.2) is 0 Å². The molecular weight excluding hydrogens is 278 g/mol. The fraction of sp³-hybridized carbons (Fsp3) is 0.889. The van der Waals surface area contributed by atoms with Gasteiger partial charge in [0.05, 0.1) is 5.41 Å². The number of carbonyl (C=O) groups is 2. The number of carbonyl (C=O) groups excluding carboxylic acids is 2. The van der Waals surface area contributed by atoms with Gasteiger partial charge in [-0.05, 0) is 75.5 Å². The third kappa shape index (κ3) is 2.55. The van der Waals surface area contributed by atoms with E-state index < -0.39 is 0 Å². The number of hydrogen-bond donors (Lipinski definition) is 0. The van der Waals surface area contributed by atoms with Crippen LogP contribution in [0, 0.1) is 23.2 Å². The van der Waals surface area contributed by atoms with Crippen molar-refractivity contribution in [1.82, 2.24) is 4.90 Å². The van der Waals surface area contributed by atoms with E-state index in [2.05, 4.69) is 0 Å². The third-order valence-electron chi connectivity index (χ3n) is 6.51. The molecule has 0 radical (unpaired) electrons. The quantitative estimate of drug-likeness (QED) is 0.753. The lowest BCUT2D eigenvalue weighted by Crippen LogP contribution is -2.51. The van der Waals surface area contributed by atoms with Crippen LogP contribution in [0.5, 0.6) is 0 Å². The first-order valence-electron chi connectivity index (χ1n) is 9.10. The first-order valence-corrected chi connectivity index (χ1v) is 9.10. The molecule has 4 bridgehead atoms. The number of esters is 1. The zero-order chi connectivity index (χ0) is 15.2. The van der Waals surface area contributed by atoms with Gasteiger partial charge in [-0.3, -0.25) is 9.59 Å². The number of ether oxygens (including phenoxy) is 1. The molecule has 0 spiro atoms. The van der Waals surface area contributed by atoms with Crippen LogP contribution < -0.4 is 0 Å². The molecule has 1 heterocycles. The average molecular weight is 305 g/mol.